The Hall–Kier alpha value is -2.55. The Morgan fingerprint density at radius 3 is 2.43 bits per heavy atom. The van der Waals surface area contributed by atoms with Crippen molar-refractivity contribution >= 4 is 29.3 Å². The highest BCUT2D eigenvalue weighted by Gasteiger charge is 2.11. The van der Waals surface area contributed by atoms with Gasteiger partial charge in [0.05, 0.1) is 5.75 Å². The van der Waals surface area contributed by atoms with E-state index >= 15 is 0 Å². The average Bonchev–Trinajstić information content (AvgIpc) is 2.84. The van der Waals surface area contributed by atoms with Gasteiger partial charge in [-0.1, -0.05) is 11.8 Å². The van der Waals surface area contributed by atoms with Gasteiger partial charge in [-0.05, 0) is 31.2 Å². The SMILES string of the molecule is Cc1nnc(SCC(=O)Nc2ccc(C(=O)N(C)C)cc2)n1N. The van der Waals surface area contributed by atoms with E-state index in [0.29, 0.717) is 22.2 Å². The maximum absolute atomic E-state index is 11.9. The Labute approximate surface area is 138 Å². The molecule has 0 unspecified atom stereocenters. The first-order chi connectivity index (χ1) is 10.9. The standard InChI is InChI=1S/C14H18N6O2S/c1-9-17-18-14(20(9)15)23-8-12(21)16-11-6-4-10(5-7-11)13(22)19(2)3/h4-7H,8,15H2,1-3H3,(H,16,21). The summed E-state index contributed by atoms with van der Waals surface area (Å²) < 4.78 is 1.33. The smallest absolute Gasteiger partial charge is 0.253 e. The second kappa shape index (κ2) is 7.14. The average molecular weight is 334 g/mol. The van der Waals surface area contributed by atoms with Crippen LogP contribution in [-0.4, -0.2) is 51.4 Å². The number of benzene rings is 1. The lowest BCUT2D eigenvalue weighted by molar-refractivity contribution is -0.113. The Balaban J connectivity index is 1.90. The summed E-state index contributed by atoms with van der Waals surface area (Å²) in [7, 11) is 3.38. The number of nitrogens with two attached hydrogens (primary N) is 1. The first-order valence-electron chi connectivity index (χ1n) is 6.80. The molecule has 0 saturated carbocycles. The van der Waals surface area contributed by atoms with Crippen LogP contribution < -0.4 is 11.2 Å². The molecule has 2 amide bonds. The molecule has 0 saturated heterocycles. The zero-order valence-electron chi connectivity index (χ0n) is 13.1. The number of rotatable bonds is 5. The van der Waals surface area contributed by atoms with Crippen LogP contribution in [0.15, 0.2) is 29.4 Å². The molecule has 122 valence electrons. The second-order valence-corrected chi connectivity index (χ2v) is 5.96. The predicted octanol–water partition coefficient (Wildman–Crippen LogP) is 0.733. The van der Waals surface area contributed by atoms with Crippen LogP contribution in [0.4, 0.5) is 5.69 Å². The molecule has 0 bridgehead atoms. The maximum atomic E-state index is 11.9. The topological polar surface area (TPSA) is 106 Å². The number of carbonyl (C=O) groups excluding carboxylic acids is 2. The fourth-order valence-electron chi connectivity index (χ4n) is 1.73. The lowest BCUT2D eigenvalue weighted by atomic mass is 10.2. The molecule has 0 aliphatic heterocycles. The van der Waals surface area contributed by atoms with Gasteiger partial charge in [0.15, 0.2) is 0 Å². The molecule has 0 atom stereocenters. The van der Waals surface area contributed by atoms with Crippen molar-refractivity contribution in [3.05, 3.63) is 35.7 Å². The highest BCUT2D eigenvalue weighted by molar-refractivity contribution is 7.99. The van der Waals surface area contributed by atoms with Gasteiger partial charge in [-0.2, -0.15) is 0 Å². The predicted molar refractivity (Wildman–Crippen MR) is 88.7 cm³/mol. The van der Waals surface area contributed by atoms with Gasteiger partial charge >= 0.3 is 0 Å². The Morgan fingerprint density at radius 1 is 1.26 bits per heavy atom. The zero-order valence-corrected chi connectivity index (χ0v) is 13.9. The number of carbonyl (C=O) groups is 2. The second-order valence-electron chi connectivity index (χ2n) is 5.01. The number of amides is 2. The molecular formula is C14H18N6O2S. The van der Waals surface area contributed by atoms with Gasteiger partial charge in [0, 0.05) is 25.3 Å². The van der Waals surface area contributed by atoms with Gasteiger partial charge in [0.2, 0.25) is 11.1 Å². The molecule has 8 nitrogen and oxygen atoms in total. The van der Waals surface area contributed by atoms with Crippen molar-refractivity contribution < 1.29 is 9.59 Å². The highest BCUT2D eigenvalue weighted by Crippen LogP contribution is 2.15. The van der Waals surface area contributed by atoms with Crippen LogP contribution in [-0.2, 0) is 4.79 Å². The van der Waals surface area contributed by atoms with Crippen molar-refractivity contribution in [1.29, 1.82) is 0 Å². The number of hydrogen-bond acceptors (Lipinski definition) is 6. The largest absolute Gasteiger partial charge is 0.345 e. The van der Waals surface area contributed by atoms with Crippen LogP contribution in [0.2, 0.25) is 0 Å². The number of thioether (sulfide) groups is 1. The van der Waals surface area contributed by atoms with Gasteiger partial charge in [0.1, 0.15) is 5.82 Å². The molecule has 3 N–H and O–H groups in total. The minimum absolute atomic E-state index is 0.0870. The molecule has 2 aromatic rings. The van der Waals surface area contributed by atoms with Crippen molar-refractivity contribution in [2.45, 2.75) is 12.1 Å². The maximum Gasteiger partial charge on any atom is 0.253 e. The van der Waals surface area contributed by atoms with Crippen molar-refractivity contribution in [2.24, 2.45) is 0 Å². The van der Waals surface area contributed by atoms with E-state index < -0.39 is 0 Å². The Morgan fingerprint density at radius 2 is 1.91 bits per heavy atom. The zero-order chi connectivity index (χ0) is 17.0. The summed E-state index contributed by atoms with van der Waals surface area (Å²) in [6.45, 7) is 1.73. The molecule has 1 aromatic heterocycles. The molecule has 0 aliphatic rings. The van der Waals surface area contributed by atoms with Crippen molar-refractivity contribution in [1.82, 2.24) is 19.8 Å². The number of nitrogens with zero attached hydrogens (tertiary/aromatic N) is 4. The molecule has 2 rings (SSSR count). The van der Waals surface area contributed by atoms with Crippen LogP contribution >= 0.6 is 11.8 Å². The molecule has 1 heterocycles. The fraction of sp³-hybridized carbons (Fsp3) is 0.286. The Kier molecular flexibility index (Phi) is 5.22. The first-order valence-corrected chi connectivity index (χ1v) is 7.78. The molecule has 0 radical (unpaired) electrons. The summed E-state index contributed by atoms with van der Waals surface area (Å²) in [6.07, 6.45) is 0. The molecular weight excluding hydrogens is 316 g/mol. The van der Waals surface area contributed by atoms with E-state index in [9.17, 15) is 9.59 Å². The Bertz CT molecular complexity index is 711. The number of aryl methyl sites for hydroxylation is 1. The number of hydrogen-bond donors (Lipinski definition) is 2. The third-order valence-corrected chi connectivity index (χ3v) is 3.93. The van der Waals surface area contributed by atoms with Gasteiger partial charge in [-0.15, -0.1) is 10.2 Å². The van der Waals surface area contributed by atoms with E-state index in [1.165, 1.54) is 21.3 Å². The van der Waals surface area contributed by atoms with Crippen LogP contribution in [0, 0.1) is 6.92 Å². The summed E-state index contributed by atoms with van der Waals surface area (Å²) in [5.74, 6) is 6.17. The summed E-state index contributed by atoms with van der Waals surface area (Å²) >= 11 is 1.20. The molecule has 0 fully saturated rings. The molecule has 9 heteroatoms. The fourth-order valence-corrected chi connectivity index (χ4v) is 2.43. The monoisotopic (exact) mass is 334 g/mol. The first kappa shape index (κ1) is 16.8. The molecule has 0 spiro atoms. The van der Waals surface area contributed by atoms with Crippen molar-refractivity contribution in [3.8, 4) is 0 Å². The van der Waals surface area contributed by atoms with Gasteiger partial charge in [-0.25, -0.2) is 4.68 Å². The van der Waals surface area contributed by atoms with E-state index in [0.717, 1.165) is 0 Å². The number of anilines is 1. The highest BCUT2D eigenvalue weighted by atomic mass is 32.2. The third-order valence-electron chi connectivity index (χ3n) is 2.99. The van der Waals surface area contributed by atoms with E-state index in [-0.39, 0.29) is 17.6 Å². The minimum Gasteiger partial charge on any atom is -0.345 e. The normalized spacial score (nSPS) is 10.4. The quantitative estimate of drug-likeness (QED) is 0.617. The summed E-state index contributed by atoms with van der Waals surface area (Å²) in [5.41, 5.74) is 1.19. The summed E-state index contributed by atoms with van der Waals surface area (Å²) in [4.78, 5) is 25.2. The van der Waals surface area contributed by atoms with E-state index in [1.54, 1.807) is 45.3 Å². The van der Waals surface area contributed by atoms with Crippen molar-refractivity contribution in [3.63, 3.8) is 0 Å². The van der Waals surface area contributed by atoms with Gasteiger partial charge in [-0.3, -0.25) is 9.59 Å². The third kappa shape index (κ3) is 4.22. The van der Waals surface area contributed by atoms with Crippen LogP contribution in [0.3, 0.4) is 0 Å². The van der Waals surface area contributed by atoms with Crippen LogP contribution in [0.25, 0.3) is 0 Å². The minimum atomic E-state index is -0.192. The lowest BCUT2D eigenvalue weighted by Crippen LogP contribution is -2.21. The van der Waals surface area contributed by atoms with E-state index in [4.69, 9.17) is 5.84 Å². The number of nitrogens with one attached hydrogen (secondary N) is 1. The van der Waals surface area contributed by atoms with Gasteiger partial charge in [0.25, 0.3) is 5.91 Å². The lowest BCUT2D eigenvalue weighted by Gasteiger charge is -2.11. The summed E-state index contributed by atoms with van der Waals surface area (Å²) in [5, 5.41) is 10.9. The molecule has 23 heavy (non-hydrogen) atoms. The number of nitrogen functional groups attached to an aromatic ring is 1. The molecule has 0 aliphatic carbocycles. The van der Waals surface area contributed by atoms with Gasteiger partial charge < -0.3 is 16.1 Å². The van der Waals surface area contributed by atoms with Crippen LogP contribution in [0.1, 0.15) is 16.2 Å². The summed E-state index contributed by atoms with van der Waals surface area (Å²) in [6, 6.07) is 6.72. The van der Waals surface area contributed by atoms with Crippen LogP contribution in [0.5, 0.6) is 0 Å². The van der Waals surface area contributed by atoms with E-state index in [2.05, 4.69) is 15.5 Å². The van der Waals surface area contributed by atoms with Crippen molar-refractivity contribution in [2.75, 3.05) is 31.0 Å². The number of aromatic nitrogens is 3. The van der Waals surface area contributed by atoms with E-state index in [1.807, 2.05) is 0 Å². The molecule has 1 aromatic carbocycles.